The Balaban J connectivity index is 0.000000212. The summed E-state index contributed by atoms with van der Waals surface area (Å²) in [6, 6.07) is 15.9. The van der Waals surface area contributed by atoms with Crippen molar-refractivity contribution in [2.24, 2.45) is 11.7 Å². The van der Waals surface area contributed by atoms with Crippen LogP contribution >= 0.6 is 0 Å². The molecule has 1 fully saturated rings. The number of carboxylic acid groups (broad SMARTS) is 1. The molecule has 0 aromatic heterocycles. The topological polar surface area (TPSA) is 83.6 Å². The van der Waals surface area contributed by atoms with Gasteiger partial charge >= 0.3 is 5.97 Å². The van der Waals surface area contributed by atoms with E-state index in [1.807, 2.05) is 37.3 Å². The summed E-state index contributed by atoms with van der Waals surface area (Å²) in [6.45, 7) is 1.98. The third kappa shape index (κ3) is 5.11. The number of hydrogen-bond donors (Lipinski definition) is 3. The van der Waals surface area contributed by atoms with Gasteiger partial charge in [0.05, 0.1) is 12.0 Å². The van der Waals surface area contributed by atoms with Crippen molar-refractivity contribution in [2.75, 3.05) is 0 Å². The second-order valence-corrected chi connectivity index (χ2v) is 6.37. The summed E-state index contributed by atoms with van der Waals surface area (Å²) >= 11 is 0. The maximum atomic E-state index is 12.7. The quantitative estimate of drug-likeness (QED) is 0.795. The average molecular weight is 345 g/mol. The molecule has 1 aliphatic rings. The summed E-state index contributed by atoms with van der Waals surface area (Å²) in [5.41, 5.74) is 7.50. The normalized spacial score (nSPS) is 23.4. The fourth-order valence-electron chi connectivity index (χ4n) is 3.15. The summed E-state index contributed by atoms with van der Waals surface area (Å²) in [5, 5.41) is 18.8. The molecule has 0 aliphatic heterocycles. The first kappa shape index (κ1) is 19.1. The first-order chi connectivity index (χ1) is 11.9. The monoisotopic (exact) mass is 345 g/mol. The fourth-order valence-corrected chi connectivity index (χ4v) is 3.15. The Hall–Kier alpha value is -2.24. The van der Waals surface area contributed by atoms with Crippen molar-refractivity contribution < 1.29 is 19.4 Å². The fraction of sp³-hybridized carbons (Fsp3) is 0.350. The molecule has 3 rings (SSSR count). The van der Waals surface area contributed by atoms with Crippen LogP contribution in [0.2, 0.25) is 0 Å². The second-order valence-electron chi connectivity index (χ2n) is 6.37. The van der Waals surface area contributed by atoms with Crippen LogP contribution < -0.4 is 5.73 Å². The lowest BCUT2D eigenvalue weighted by molar-refractivity contribution is -0.142. The van der Waals surface area contributed by atoms with E-state index in [0.29, 0.717) is 18.4 Å². The third-order valence-electron chi connectivity index (χ3n) is 4.52. The van der Waals surface area contributed by atoms with E-state index in [2.05, 4.69) is 0 Å². The molecular weight excluding hydrogens is 321 g/mol. The molecule has 4 nitrogen and oxygen atoms in total. The largest absolute Gasteiger partial charge is 0.481 e. The highest BCUT2D eigenvalue weighted by Crippen LogP contribution is 2.40. The number of hydrogen-bond acceptors (Lipinski definition) is 3. The van der Waals surface area contributed by atoms with E-state index in [0.717, 1.165) is 0 Å². The maximum absolute atomic E-state index is 12.7. The summed E-state index contributed by atoms with van der Waals surface area (Å²) < 4.78 is 12.7. The highest BCUT2D eigenvalue weighted by Gasteiger charge is 2.40. The van der Waals surface area contributed by atoms with Gasteiger partial charge in [0, 0.05) is 12.0 Å². The molecule has 0 saturated heterocycles. The highest BCUT2D eigenvalue weighted by atomic mass is 19.1. The predicted molar refractivity (Wildman–Crippen MR) is 94.6 cm³/mol. The molecule has 134 valence electrons. The lowest BCUT2D eigenvalue weighted by atomic mass is 9.88. The van der Waals surface area contributed by atoms with Gasteiger partial charge in [-0.2, -0.15) is 0 Å². The van der Waals surface area contributed by atoms with Crippen LogP contribution in [0.5, 0.6) is 0 Å². The van der Waals surface area contributed by atoms with Gasteiger partial charge in [-0.3, -0.25) is 4.79 Å². The molecule has 2 aromatic carbocycles. The molecule has 0 heterocycles. The Morgan fingerprint density at radius 1 is 1.12 bits per heavy atom. The van der Waals surface area contributed by atoms with Gasteiger partial charge in [-0.15, -0.1) is 0 Å². The Labute approximate surface area is 147 Å². The summed E-state index contributed by atoms with van der Waals surface area (Å²) in [7, 11) is 0. The Bertz CT molecular complexity index is 673. The van der Waals surface area contributed by atoms with Crippen molar-refractivity contribution in [3.05, 3.63) is 71.5 Å². The van der Waals surface area contributed by atoms with E-state index in [9.17, 15) is 14.3 Å². The molecule has 4 N–H and O–H groups in total. The van der Waals surface area contributed by atoms with Crippen LogP contribution in [0.25, 0.3) is 0 Å². The Morgan fingerprint density at radius 3 is 2.20 bits per heavy atom. The SMILES string of the molecule is C[C@H](N)c1ccccc1.O=C(O)[C@@H]1CC[C@H](O)[C@H]1c1ccc(F)cc1. The van der Waals surface area contributed by atoms with Gasteiger partial charge < -0.3 is 15.9 Å². The van der Waals surface area contributed by atoms with Gasteiger partial charge in [0.15, 0.2) is 0 Å². The predicted octanol–water partition coefficient (Wildman–Crippen LogP) is 3.47. The van der Waals surface area contributed by atoms with Crippen molar-refractivity contribution in [2.45, 2.75) is 37.8 Å². The van der Waals surface area contributed by atoms with Crippen molar-refractivity contribution in [3.63, 3.8) is 0 Å². The minimum atomic E-state index is -0.897. The molecular formula is C20H24FNO3. The van der Waals surface area contributed by atoms with E-state index in [-0.39, 0.29) is 11.9 Å². The number of aliphatic hydroxyl groups is 1. The van der Waals surface area contributed by atoms with Gasteiger partial charge in [-0.1, -0.05) is 42.5 Å². The number of aliphatic hydroxyl groups excluding tert-OH is 1. The van der Waals surface area contributed by atoms with E-state index >= 15 is 0 Å². The zero-order valence-electron chi connectivity index (χ0n) is 14.2. The number of rotatable bonds is 3. The van der Waals surface area contributed by atoms with Crippen LogP contribution in [0.4, 0.5) is 4.39 Å². The van der Waals surface area contributed by atoms with Gasteiger partial charge in [0.25, 0.3) is 0 Å². The highest BCUT2D eigenvalue weighted by molar-refractivity contribution is 5.72. The van der Waals surface area contributed by atoms with Crippen LogP contribution in [0.3, 0.4) is 0 Å². The van der Waals surface area contributed by atoms with Crippen molar-refractivity contribution in [1.82, 2.24) is 0 Å². The molecule has 4 atom stereocenters. The molecule has 0 spiro atoms. The van der Waals surface area contributed by atoms with Crippen LogP contribution in [0.1, 0.15) is 42.9 Å². The van der Waals surface area contributed by atoms with Crippen molar-refractivity contribution >= 4 is 5.97 Å². The van der Waals surface area contributed by atoms with E-state index < -0.39 is 23.9 Å². The lowest BCUT2D eigenvalue weighted by Crippen LogP contribution is -2.22. The van der Waals surface area contributed by atoms with Gasteiger partial charge in [-0.25, -0.2) is 4.39 Å². The first-order valence-corrected chi connectivity index (χ1v) is 8.37. The molecule has 2 aromatic rings. The summed E-state index contributed by atoms with van der Waals surface area (Å²) in [6.07, 6.45) is 0.309. The summed E-state index contributed by atoms with van der Waals surface area (Å²) in [4.78, 5) is 11.0. The number of carboxylic acids is 1. The van der Waals surface area contributed by atoms with Crippen LogP contribution in [0, 0.1) is 11.7 Å². The van der Waals surface area contributed by atoms with E-state index in [4.69, 9.17) is 10.8 Å². The number of nitrogens with two attached hydrogens (primary N) is 1. The van der Waals surface area contributed by atoms with E-state index in [1.54, 1.807) is 12.1 Å². The molecule has 0 radical (unpaired) electrons. The smallest absolute Gasteiger partial charge is 0.307 e. The average Bonchev–Trinajstić information content (AvgIpc) is 2.99. The molecule has 25 heavy (non-hydrogen) atoms. The molecule has 0 bridgehead atoms. The molecule has 0 amide bonds. The van der Waals surface area contributed by atoms with Crippen molar-refractivity contribution in [3.8, 4) is 0 Å². The zero-order chi connectivity index (χ0) is 18.4. The number of halogens is 1. The second kappa shape index (κ2) is 8.74. The van der Waals surface area contributed by atoms with E-state index in [1.165, 1.54) is 17.7 Å². The number of benzene rings is 2. The van der Waals surface area contributed by atoms with Crippen LogP contribution in [-0.2, 0) is 4.79 Å². The lowest BCUT2D eigenvalue weighted by Gasteiger charge is -2.19. The maximum Gasteiger partial charge on any atom is 0.307 e. The Morgan fingerprint density at radius 2 is 1.72 bits per heavy atom. The van der Waals surface area contributed by atoms with Crippen LogP contribution in [0.15, 0.2) is 54.6 Å². The third-order valence-corrected chi connectivity index (χ3v) is 4.52. The molecule has 1 aliphatic carbocycles. The minimum Gasteiger partial charge on any atom is -0.481 e. The number of carbonyl (C=O) groups is 1. The Kier molecular flexibility index (Phi) is 6.67. The standard InChI is InChI=1S/C12H13FO3.C8H11N/c13-8-3-1-7(2-4-8)11-9(12(15)16)5-6-10(11)14;1-7(9)8-5-3-2-4-6-8/h1-4,9-11,14H,5-6H2,(H,15,16);2-7H,9H2,1H3/t9-,10+,11+;7-/m10/s1. The van der Waals surface area contributed by atoms with Gasteiger partial charge in [-0.05, 0) is 43.0 Å². The van der Waals surface area contributed by atoms with Gasteiger partial charge in [0.2, 0.25) is 0 Å². The minimum absolute atomic E-state index is 0.159. The first-order valence-electron chi connectivity index (χ1n) is 8.37. The summed E-state index contributed by atoms with van der Waals surface area (Å²) in [5.74, 6) is -2.24. The van der Waals surface area contributed by atoms with Crippen molar-refractivity contribution in [1.29, 1.82) is 0 Å². The van der Waals surface area contributed by atoms with Crippen LogP contribution in [-0.4, -0.2) is 22.3 Å². The molecule has 5 heteroatoms. The molecule has 0 unspecified atom stereocenters. The zero-order valence-corrected chi connectivity index (χ0v) is 14.2. The molecule has 1 saturated carbocycles. The van der Waals surface area contributed by atoms with Gasteiger partial charge in [0.1, 0.15) is 5.82 Å². The number of aliphatic carboxylic acids is 1.